The molecule has 1 heterocycles. The smallest absolute Gasteiger partial charge is 0.416 e. The van der Waals surface area contributed by atoms with Gasteiger partial charge in [-0.25, -0.2) is 0 Å². The summed E-state index contributed by atoms with van der Waals surface area (Å²) in [7, 11) is 0. The van der Waals surface area contributed by atoms with E-state index in [4.69, 9.17) is 4.74 Å². The van der Waals surface area contributed by atoms with Crippen molar-refractivity contribution in [2.45, 2.75) is 33.4 Å². The van der Waals surface area contributed by atoms with Gasteiger partial charge in [-0.3, -0.25) is 4.79 Å². The third kappa shape index (κ3) is 5.42. The first-order chi connectivity index (χ1) is 16.6. The number of carbonyl (C=O) groups is 1. The number of fused-ring (bicyclic) bond motifs is 1. The molecule has 0 unspecified atom stereocenters. The topological polar surface area (TPSA) is 64.1 Å². The average Bonchev–Trinajstić information content (AvgIpc) is 2.80. The molecule has 1 amide bonds. The summed E-state index contributed by atoms with van der Waals surface area (Å²) in [6.07, 6.45) is -3.91. The Bertz CT molecular complexity index is 1400. The number of alkyl halides is 3. The third-order valence-electron chi connectivity index (χ3n) is 5.74. The van der Waals surface area contributed by atoms with Crippen molar-refractivity contribution in [1.29, 1.82) is 0 Å². The van der Waals surface area contributed by atoms with E-state index in [0.29, 0.717) is 23.9 Å². The quantitative estimate of drug-likeness (QED) is 0.351. The van der Waals surface area contributed by atoms with E-state index in [2.05, 4.69) is 21.6 Å². The molecule has 4 rings (SSSR count). The number of hydrogen-bond acceptors (Lipinski definition) is 4. The van der Waals surface area contributed by atoms with Crippen LogP contribution >= 0.6 is 0 Å². The molecule has 0 fully saturated rings. The highest BCUT2D eigenvalue weighted by Gasteiger charge is 2.31. The molecule has 0 bridgehead atoms. The lowest BCUT2D eigenvalue weighted by atomic mass is 10.0. The maximum Gasteiger partial charge on any atom is 0.416 e. The molecule has 3 aromatic carbocycles. The Hall–Kier alpha value is -3.94. The van der Waals surface area contributed by atoms with Gasteiger partial charge in [0.1, 0.15) is 11.3 Å². The van der Waals surface area contributed by atoms with Crippen molar-refractivity contribution in [3.05, 3.63) is 94.0 Å². The maximum absolute atomic E-state index is 13.3. The normalized spacial score (nSPS) is 11.5. The summed E-state index contributed by atoms with van der Waals surface area (Å²) in [6.45, 7) is 6.25. The van der Waals surface area contributed by atoms with Crippen LogP contribution in [0.25, 0.3) is 10.9 Å². The molecule has 0 radical (unpaired) electrons. The maximum atomic E-state index is 13.3. The van der Waals surface area contributed by atoms with Crippen LogP contribution in [0, 0.1) is 20.8 Å². The fourth-order valence-electron chi connectivity index (χ4n) is 3.92. The SMILES string of the molecule is Cc1ccc(CCNC(=O)c2c(Oc3cccc(C(F)(F)F)c3)nnc3c(C)cccc23)c(C)c1. The molecule has 0 atom stereocenters. The van der Waals surface area contributed by atoms with Crippen LogP contribution in [-0.2, 0) is 12.6 Å². The highest BCUT2D eigenvalue weighted by atomic mass is 19.4. The van der Waals surface area contributed by atoms with Crippen LogP contribution in [0.15, 0.2) is 60.7 Å². The summed E-state index contributed by atoms with van der Waals surface area (Å²) >= 11 is 0. The summed E-state index contributed by atoms with van der Waals surface area (Å²) in [5.41, 5.74) is 4.00. The summed E-state index contributed by atoms with van der Waals surface area (Å²) < 4.78 is 45.1. The number of benzene rings is 3. The van der Waals surface area contributed by atoms with Gasteiger partial charge in [-0.2, -0.15) is 13.2 Å². The molecular weight excluding hydrogens is 455 g/mol. The van der Waals surface area contributed by atoms with Crippen molar-refractivity contribution >= 4 is 16.8 Å². The molecule has 4 aromatic rings. The Balaban J connectivity index is 1.65. The second-order valence-corrected chi connectivity index (χ2v) is 8.41. The lowest BCUT2D eigenvalue weighted by Gasteiger charge is -2.14. The molecular formula is C27H24F3N3O2. The van der Waals surface area contributed by atoms with Crippen molar-refractivity contribution in [1.82, 2.24) is 15.5 Å². The summed E-state index contributed by atoms with van der Waals surface area (Å²) in [6, 6.07) is 15.9. The summed E-state index contributed by atoms with van der Waals surface area (Å²) in [5.74, 6) is -0.695. The summed E-state index contributed by atoms with van der Waals surface area (Å²) in [5, 5.41) is 11.6. The first-order valence-electron chi connectivity index (χ1n) is 11.1. The zero-order valence-electron chi connectivity index (χ0n) is 19.5. The fraction of sp³-hybridized carbons (Fsp3) is 0.222. The molecule has 5 nitrogen and oxygen atoms in total. The van der Waals surface area contributed by atoms with Crippen molar-refractivity contribution < 1.29 is 22.7 Å². The van der Waals surface area contributed by atoms with Gasteiger partial charge < -0.3 is 10.1 Å². The van der Waals surface area contributed by atoms with E-state index in [0.717, 1.165) is 34.4 Å². The van der Waals surface area contributed by atoms with Crippen LogP contribution < -0.4 is 10.1 Å². The number of aryl methyl sites for hydroxylation is 3. The van der Waals surface area contributed by atoms with Crippen LogP contribution in [0.4, 0.5) is 13.2 Å². The molecule has 0 saturated carbocycles. The number of halogens is 3. The van der Waals surface area contributed by atoms with E-state index in [1.54, 1.807) is 12.1 Å². The van der Waals surface area contributed by atoms with E-state index in [-0.39, 0.29) is 17.2 Å². The van der Waals surface area contributed by atoms with Crippen LogP contribution in [0.1, 0.15) is 38.2 Å². The number of nitrogens with one attached hydrogen (secondary N) is 1. The second kappa shape index (κ2) is 9.74. The number of carbonyl (C=O) groups excluding carboxylic acids is 1. The third-order valence-corrected chi connectivity index (χ3v) is 5.74. The summed E-state index contributed by atoms with van der Waals surface area (Å²) in [4.78, 5) is 13.3. The van der Waals surface area contributed by atoms with Gasteiger partial charge in [0.15, 0.2) is 0 Å². The van der Waals surface area contributed by atoms with Gasteiger partial charge >= 0.3 is 6.18 Å². The second-order valence-electron chi connectivity index (χ2n) is 8.41. The monoisotopic (exact) mass is 479 g/mol. The van der Waals surface area contributed by atoms with Gasteiger partial charge in [0, 0.05) is 11.9 Å². The predicted octanol–water partition coefficient (Wildman–Crippen LogP) is 6.34. The van der Waals surface area contributed by atoms with E-state index in [9.17, 15) is 18.0 Å². The van der Waals surface area contributed by atoms with Gasteiger partial charge in [-0.15, -0.1) is 10.2 Å². The first kappa shape index (κ1) is 24.2. The predicted molar refractivity (Wildman–Crippen MR) is 128 cm³/mol. The molecule has 35 heavy (non-hydrogen) atoms. The lowest BCUT2D eigenvalue weighted by molar-refractivity contribution is -0.137. The zero-order valence-corrected chi connectivity index (χ0v) is 19.5. The number of amides is 1. The van der Waals surface area contributed by atoms with E-state index in [1.165, 1.54) is 12.1 Å². The van der Waals surface area contributed by atoms with Crippen LogP contribution in [0.3, 0.4) is 0 Å². The Morgan fingerprint density at radius 2 is 1.71 bits per heavy atom. The molecule has 0 aliphatic carbocycles. The van der Waals surface area contributed by atoms with Crippen LogP contribution in [0.2, 0.25) is 0 Å². The van der Waals surface area contributed by atoms with Crippen molar-refractivity contribution in [2.24, 2.45) is 0 Å². The highest BCUT2D eigenvalue weighted by molar-refractivity contribution is 6.08. The fourth-order valence-corrected chi connectivity index (χ4v) is 3.92. The van der Waals surface area contributed by atoms with Crippen molar-refractivity contribution in [3.63, 3.8) is 0 Å². The number of nitrogens with zero attached hydrogens (tertiary/aromatic N) is 2. The molecule has 0 saturated heterocycles. The number of aromatic nitrogens is 2. The van der Waals surface area contributed by atoms with E-state index < -0.39 is 17.6 Å². The van der Waals surface area contributed by atoms with Crippen molar-refractivity contribution in [2.75, 3.05) is 6.54 Å². The minimum Gasteiger partial charge on any atom is -0.437 e. The van der Waals surface area contributed by atoms with Gasteiger partial charge in [-0.05, 0) is 62.1 Å². The van der Waals surface area contributed by atoms with Gasteiger partial charge in [0.2, 0.25) is 0 Å². The molecule has 8 heteroatoms. The zero-order chi connectivity index (χ0) is 25.2. The molecule has 0 spiro atoms. The van der Waals surface area contributed by atoms with Crippen molar-refractivity contribution in [3.8, 4) is 11.6 Å². The largest absolute Gasteiger partial charge is 0.437 e. The number of rotatable bonds is 6. The van der Waals surface area contributed by atoms with Crippen LogP contribution in [0.5, 0.6) is 11.6 Å². The lowest BCUT2D eigenvalue weighted by Crippen LogP contribution is -2.27. The molecule has 1 N–H and O–H groups in total. The molecule has 0 aliphatic heterocycles. The van der Waals surface area contributed by atoms with Crippen LogP contribution in [-0.4, -0.2) is 22.6 Å². The Morgan fingerprint density at radius 1 is 0.943 bits per heavy atom. The Kier molecular flexibility index (Phi) is 6.73. The number of ether oxygens (including phenoxy) is 1. The molecule has 0 aliphatic rings. The standard InChI is InChI=1S/C27H24F3N3O2/c1-16-10-11-19(18(3)14-16)12-13-31-25(34)23-22-9-4-6-17(2)24(22)32-33-26(23)35-21-8-5-7-20(15-21)27(28,29)30/h4-11,14-15H,12-13H2,1-3H3,(H,31,34). The molecule has 180 valence electrons. The Morgan fingerprint density at radius 3 is 2.46 bits per heavy atom. The minimum atomic E-state index is -4.53. The van der Waals surface area contributed by atoms with Gasteiger partial charge in [-0.1, -0.05) is 48.0 Å². The van der Waals surface area contributed by atoms with Gasteiger partial charge in [0.05, 0.1) is 11.1 Å². The minimum absolute atomic E-state index is 0.0922. The number of hydrogen-bond donors (Lipinski definition) is 1. The first-order valence-corrected chi connectivity index (χ1v) is 11.1. The highest BCUT2D eigenvalue weighted by Crippen LogP contribution is 2.34. The molecule has 1 aromatic heterocycles. The van der Waals surface area contributed by atoms with Gasteiger partial charge in [0.25, 0.3) is 11.8 Å². The average molecular weight is 480 g/mol. The van der Waals surface area contributed by atoms with E-state index in [1.807, 2.05) is 39.0 Å². The van der Waals surface area contributed by atoms with E-state index >= 15 is 0 Å². The Labute approximate surface area is 201 Å².